The van der Waals surface area contributed by atoms with Gasteiger partial charge >= 0.3 is 0 Å². The molecule has 24 heavy (non-hydrogen) atoms. The lowest BCUT2D eigenvalue weighted by Gasteiger charge is -2.17. The first-order valence-corrected chi connectivity index (χ1v) is 11.3. The molecule has 0 saturated heterocycles. The minimum atomic E-state index is 1.22. The van der Waals surface area contributed by atoms with Gasteiger partial charge in [0.05, 0.1) is 0 Å². The molecular weight excluding hydrogens is 328 g/mol. The van der Waals surface area contributed by atoms with Crippen molar-refractivity contribution in [2.75, 3.05) is 0 Å². The van der Waals surface area contributed by atoms with Crippen molar-refractivity contribution in [1.29, 1.82) is 0 Å². The highest BCUT2D eigenvalue weighted by Crippen LogP contribution is 2.43. The van der Waals surface area contributed by atoms with Crippen LogP contribution in [0.3, 0.4) is 0 Å². The third-order valence-electron chi connectivity index (χ3n) is 4.44. The summed E-state index contributed by atoms with van der Waals surface area (Å²) >= 11 is 0. The maximum Gasteiger partial charge on any atom is 0.0250 e. The fourth-order valence-corrected chi connectivity index (χ4v) is 5.68. The summed E-state index contributed by atoms with van der Waals surface area (Å²) < 4.78 is 0. The number of unbranched alkanes of at least 4 members (excludes halogenated alkanes) is 2. The Bertz CT molecular complexity index is 646. The topological polar surface area (TPSA) is 0 Å². The molecule has 130 valence electrons. The molecule has 0 heterocycles. The fourth-order valence-electron chi connectivity index (χ4n) is 2.87. The second-order valence-corrected chi connectivity index (χ2v) is 8.67. The molecule has 0 aliphatic heterocycles. The summed E-state index contributed by atoms with van der Waals surface area (Å²) in [5.74, 6) is 0. The molecule has 0 amide bonds. The van der Waals surface area contributed by atoms with Gasteiger partial charge in [0.2, 0.25) is 0 Å². The van der Waals surface area contributed by atoms with Crippen LogP contribution in [-0.2, 0) is 12.8 Å². The van der Waals surface area contributed by atoms with Crippen molar-refractivity contribution in [1.82, 2.24) is 0 Å². The highest BCUT2D eigenvalue weighted by Gasteiger charge is 2.13. The van der Waals surface area contributed by atoms with Crippen molar-refractivity contribution in [3.05, 3.63) is 58.7 Å². The largest absolute Gasteiger partial charge is 0.0654 e. The first-order valence-electron chi connectivity index (χ1n) is 9.18. The average molecular weight is 359 g/mol. The lowest BCUT2D eigenvalue weighted by Crippen LogP contribution is -1.99. The SMILES string of the molecule is CCCCc1ccc(C)c(SSc2ccccc2C)c1CCCC. The van der Waals surface area contributed by atoms with Gasteiger partial charge in [-0.1, -0.05) is 78.6 Å². The van der Waals surface area contributed by atoms with Crippen molar-refractivity contribution in [3.63, 3.8) is 0 Å². The van der Waals surface area contributed by atoms with Crippen LogP contribution in [0.25, 0.3) is 0 Å². The second kappa shape index (κ2) is 10.2. The zero-order valence-electron chi connectivity index (χ0n) is 15.5. The monoisotopic (exact) mass is 358 g/mol. The lowest BCUT2D eigenvalue weighted by molar-refractivity contribution is 0.747. The predicted molar refractivity (Wildman–Crippen MR) is 111 cm³/mol. The van der Waals surface area contributed by atoms with Gasteiger partial charge < -0.3 is 0 Å². The molecule has 2 rings (SSSR count). The van der Waals surface area contributed by atoms with Crippen molar-refractivity contribution in [2.24, 2.45) is 0 Å². The Morgan fingerprint density at radius 3 is 2.17 bits per heavy atom. The van der Waals surface area contributed by atoms with E-state index in [4.69, 9.17) is 0 Å². The summed E-state index contributed by atoms with van der Waals surface area (Å²) in [6.45, 7) is 9.03. The van der Waals surface area contributed by atoms with Gasteiger partial charge in [-0.25, -0.2) is 0 Å². The quantitative estimate of drug-likeness (QED) is 0.419. The van der Waals surface area contributed by atoms with E-state index >= 15 is 0 Å². The fraction of sp³-hybridized carbons (Fsp3) is 0.455. The Hall–Kier alpha value is -0.860. The van der Waals surface area contributed by atoms with Crippen LogP contribution in [-0.4, -0.2) is 0 Å². The molecule has 0 aliphatic rings. The van der Waals surface area contributed by atoms with Crippen LogP contribution in [0.4, 0.5) is 0 Å². The van der Waals surface area contributed by atoms with E-state index in [-0.39, 0.29) is 0 Å². The molecule has 2 heteroatoms. The molecule has 0 spiro atoms. The van der Waals surface area contributed by atoms with E-state index in [1.165, 1.54) is 59.4 Å². The standard InChI is InChI=1S/C22H30S2/c1-5-7-12-19-16-15-18(4)22(20(19)13-8-6-2)24-23-21-14-10-9-11-17(21)3/h9-11,14-16H,5-8,12-13H2,1-4H3. The molecule has 0 saturated carbocycles. The van der Waals surface area contributed by atoms with Gasteiger partial charge in [-0.05, 0) is 67.9 Å². The van der Waals surface area contributed by atoms with E-state index in [1.807, 2.05) is 21.6 Å². The number of hydrogen-bond acceptors (Lipinski definition) is 2. The maximum atomic E-state index is 2.37. The zero-order valence-corrected chi connectivity index (χ0v) is 17.2. The van der Waals surface area contributed by atoms with Crippen LogP contribution in [0.2, 0.25) is 0 Å². The Labute approximate surface area is 156 Å². The summed E-state index contributed by atoms with van der Waals surface area (Å²) in [7, 11) is 3.87. The molecule has 0 nitrogen and oxygen atoms in total. The normalized spacial score (nSPS) is 11.0. The molecule has 0 aliphatic carbocycles. The molecule has 0 fully saturated rings. The van der Waals surface area contributed by atoms with E-state index in [9.17, 15) is 0 Å². The van der Waals surface area contributed by atoms with Crippen LogP contribution in [0.15, 0.2) is 46.2 Å². The second-order valence-electron chi connectivity index (χ2n) is 6.49. The summed E-state index contributed by atoms with van der Waals surface area (Å²) in [5, 5.41) is 0. The minimum Gasteiger partial charge on any atom is -0.0654 e. The number of hydrogen-bond donors (Lipinski definition) is 0. The first kappa shape index (κ1) is 19.5. The van der Waals surface area contributed by atoms with Gasteiger partial charge in [0.1, 0.15) is 0 Å². The summed E-state index contributed by atoms with van der Waals surface area (Å²) in [6.07, 6.45) is 7.53. The molecular formula is C22H30S2. The number of benzene rings is 2. The Morgan fingerprint density at radius 1 is 0.750 bits per heavy atom. The molecule has 0 unspecified atom stereocenters. The Kier molecular flexibility index (Phi) is 8.28. The first-order chi connectivity index (χ1) is 11.7. The van der Waals surface area contributed by atoms with E-state index in [2.05, 4.69) is 64.1 Å². The van der Waals surface area contributed by atoms with Crippen LogP contribution < -0.4 is 0 Å². The van der Waals surface area contributed by atoms with Gasteiger partial charge in [0, 0.05) is 9.79 Å². The predicted octanol–water partition coefficient (Wildman–Crippen LogP) is 7.79. The molecule has 0 radical (unpaired) electrons. The Morgan fingerprint density at radius 2 is 1.46 bits per heavy atom. The molecule has 0 bridgehead atoms. The molecule has 0 atom stereocenters. The lowest BCUT2D eigenvalue weighted by atomic mass is 9.96. The van der Waals surface area contributed by atoms with E-state index < -0.39 is 0 Å². The highest BCUT2D eigenvalue weighted by molar-refractivity contribution is 8.76. The van der Waals surface area contributed by atoms with Gasteiger partial charge in [0.15, 0.2) is 0 Å². The van der Waals surface area contributed by atoms with Crippen LogP contribution in [0.1, 0.15) is 61.8 Å². The molecule has 2 aromatic rings. The zero-order chi connectivity index (χ0) is 17.4. The summed E-state index contributed by atoms with van der Waals surface area (Å²) in [5.41, 5.74) is 5.97. The van der Waals surface area contributed by atoms with Crippen LogP contribution >= 0.6 is 21.6 Å². The van der Waals surface area contributed by atoms with Crippen molar-refractivity contribution in [2.45, 2.75) is 76.0 Å². The van der Waals surface area contributed by atoms with Gasteiger partial charge in [0.25, 0.3) is 0 Å². The minimum absolute atomic E-state index is 1.22. The molecule has 0 N–H and O–H groups in total. The van der Waals surface area contributed by atoms with Gasteiger partial charge in [-0.2, -0.15) is 0 Å². The third-order valence-corrected chi connectivity index (χ3v) is 7.19. The average Bonchev–Trinajstić information content (AvgIpc) is 2.59. The van der Waals surface area contributed by atoms with E-state index in [1.54, 1.807) is 11.1 Å². The smallest absolute Gasteiger partial charge is 0.0250 e. The van der Waals surface area contributed by atoms with Crippen molar-refractivity contribution in [3.8, 4) is 0 Å². The molecule has 2 aromatic carbocycles. The van der Waals surface area contributed by atoms with Crippen molar-refractivity contribution >= 4 is 21.6 Å². The van der Waals surface area contributed by atoms with Crippen molar-refractivity contribution < 1.29 is 0 Å². The number of aryl methyl sites for hydroxylation is 3. The van der Waals surface area contributed by atoms with E-state index in [0.717, 1.165) is 0 Å². The van der Waals surface area contributed by atoms with Gasteiger partial charge in [-0.15, -0.1) is 0 Å². The summed E-state index contributed by atoms with van der Waals surface area (Å²) in [6, 6.07) is 13.4. The maximum absolute atomic E-state index is 2.37. The van der Waals surface area contributed by atoms with Gasteiger partial charge in [-0.3, -0.25) is 0 Å². The Balaban J connectivity index is 2.26. The summed E-state index contributed by atoms with van der Waals surface area (Å²) in [4.78, 5) is 2.88. The number of rotatable bonds is 9. The van der Waals surface area contributed by atoms with Crippen LogP contribution in [0, 0.1) is 13.8 Å². The van der Waals surface area contributed by atoms with E-state index in [0.29, 0.717) is 0 Å². The van der Waals surface area contributed by atoms with Crippen LogP contribution in [0.5, 0.6) is 0 Å². The third kappa shape index (κ3) is 5.32. The molecule has 0 aromatic heterocycles. The highest BCUT2D eigenvalue weighted by atomic mass is 33.1.